The van der Waals surface area contributed by atoms with Crippen LogP contribution in [0.25, 0.3) is 0 Å². The van der Waals surface area contributed by atoms with Gasteiger partial charge < -0.3 is 15.4 Å². The first-order valence-electron chi connectivity index (χ1n) is 8.17. The fraction of sp³-hybridized carbons (Fsp3) is 0.444. The van der Waals surface area contributed by atoms with E-state index in [0.717, 1.165) is 11.8 Å². The van der Waals surface area contributed by atoms with Gasteiger partial charge in [-0.1, -0.05) is 13.8 Å². The van der Waals surface area contributed by atoms with Gasteiger partial charge in [0.05, 0.1) is 17.6 Å². The standard InChI is InChI=1S/C18H22FN3O4S/c1-12(2)18(3,11-20)22-15(23)8-26-17(25)10-27-9-16(24)21-14-6-4-13(19)5-7-14/h4-7,12H,8-10H2,1-3H3,(H,21,24)(H,22,23)/t18-/m0/s1. The summed E-state index contributed by atoms with van der Waals surface area (Å²) in [4.78, 5) is 35.2. The molecule has 0 aliphatic rings. The molecule has 0 aliphatic heterocycles. The van der Waals surface area contributed by atoms with Crippen molar-refractivity contribution in [2.24, 2.45) is 5.92 Å². The average Bonchev–Trinajstić information content (AvgIpc) is 2.61. The predicted molar refractivity (Wildman–Crippen MR) is 100 cm³/mol. The molecule has 9 heteroatoms. The lowest BCUT2D eigenvalue weighted by molar-refractivity contribution is -0.146. The summed E-state index contributed by atoms with van der Waals surface area (Å²) in [6.45, 7) is 4.68. The van der Waals surface area contributed by atoms with Gasteiger partial charge in [-0.3, -0.25) is 14.4 Å². The molecule has 1 aromatic carbocycles. The molecule has 27 heavy (non-hydrogen) atoms. The fourth-order valence-corrected chi connectivity index (χ4v) is 2.38. The van der Waals surface area contributed by atoms with Crippen molar-refractivity contribution in [2.75, 3.05) is 23.4 Å². The summed E-state index contributed by atoms with van der Waals surface area (Å²) in [5, 5.41) is 14.2. The largest absolute Gasteiger partial charge is 0.455 e. The van der Waals surface area contributed by atoms with Crippen LogP contribution in [0.5, 0.6) is 0 Å². The molecule has 0 unspecified atom stereocenters. The smallest absolute Gasteiger partial charge is 0.316 e. The van der Waals surface area contributed by atoms with Crippen LogP contribution in [0.3, 0.4) is 0 Å². The van der Waals surface area contributed by atoms with Gasteiger partial charge in [0.2, 0.25) is 5.91 Å². The Bertz CT molecular complexity index is 718. The van der Waals surface area contributed by atoms with E-state index in [9.17, 15) is 18.8 Å². The quantitative estimate of drug-likeness (QED) is 0.620. The van der Waals surface area contributed by atoms with Gasteiger partial charge in [0.15, 0.2) is 6.61 Å². The van der Waals surface area contributed by atoms with Gasteiger partial charge >= 0.3 is 5.97 Å². The molecule has 0 bridgehead atoms. The van der Waals surface area contributed by atoms with Crippen LogP contribution in [0.2, 0.25) is 0 Å². The predicted octanol–water partition coefficient (Wildman–Crippen LogP) is 2.10. The van der Waals surface area contributed by atoms with Gasteiger partial charge in [0, 0.05) is 5.69 Å². The van der Waals surface area contributed by atoms with E-state index in [1.54, 1.807) is 20.8 Å². The van der Waals surface area contributed by atoms with Crippen molar-refractivity contribution in [2.45, 2.75) is 26.3 Å². The third kappa shape index (κ3) is 8.09. The number of halogens is 1. The molecule has 0 spiro atoms. The summed E-state index contributed by atoms with van der Waals surface area (Å²) < 4.78 is 17.6. The second-order valence-corrected chi connectivity index (χ2v) is 7.21. The van der Waals surface area contributed by atoms with Crippen LogP contribution in [-0.2, 0) is 19.1 Å². The summed E-state index contributed by atoms with van der Waals surface area (Å²) in [7, 11) is 0. The molecular formula is C18H22FN3O4S. The number of hydrogen-bond donors (Lipinski definition) is 2. The van der Waals surface area contributed by atoms with Crippen molar-refractivity contribution in [1.82, 2.24) is 5.32 Å². The highest BCUT2D eigenvalue weighted by atomic mass is 32.2. The summed E-state index contributed by atoms with van der Waals surface area (Å²) >= 11 is 1.02. The normalized spacial score (nSPS) is 12.6. The first kappa shape index (κ1) is 22.4. The Morgan fingerprint density at radius 1 is 1.22 bits per heavy atom. The van der Waals surface area contributed by atoms with Gasteiger partial charge in [0.1, 0.15) is 11.4 Å². The summed E-state index contributed by atoms with van der Waals surface area (Å²) in [6, 6.07) is 7.33. The number of carbonyl (C=O) groups is 3. The highest BCUT2D eigenvalue weighted by Crippen LogP contribution is 2.15. The zero-order valence-corrected chi connectivity index (χ0v) is 16.2. The van der Waals surface area contributed by atoms with E-state index in [0.29, 0.717) is 5.69 Å². The number of esters is 1. The second-order valence-electron chi connectivity index (χ2n) is 6.23. The molecule has 2 amide bonds. The molecule has 1 aromatic rings. The topological polar surface area (TPSA) is 108 Å². The highest BCUT2D eigenvalue weighted by Gasteiger charge is 2.30. The summed E-state index contributed by atoms with van der Waals surface area (Å²) in [5.74, 6) is -2.19. The van der Waals surface area contributed by atoms with Crippen LogP contribution in [0, 0.1) is 23.1 Å². The lowest BCUT2D eigenvalue weighted by Gasteiger charge is -2.27. The van der Waals surface area contributed by atoms with Gasteiger partial charge in [-0.25, -0.2) is 4.39 Å². The van der Waals surface area contributed by atoms with Crippen molar-refractivity contribution in [3.05, 3.63) is 30.1 Å². The van der Waals surface area contributed by atoms with Gasteiger partial charge in [0.25, 0.3) is 5.91 Å². The number of nitriles is 1. The van der Waals surface area contributed by atoms with E-state index in [4.69, 9.17) is 10.00 Å². The number of rotatable bonds is 9. The molecule has 0 saturated heterocycles. The zero-order valence-electron chi connectivity index (χ0n) is 15.4. The van der Waals surface area contributed by atoms with E-state index in [-0.39, 0.29) is 23.3 Å². The number of carbonyl (C=O) groups excluding carboxylic acids is 3. The molecule has 2 N–H and O–H groups in total. The Morgan fingerprint density at radius 3 is 2.41 bits per heavy atom. The Morgan fingerprint density at radius 2 is 1.85 bits per heavy atom. The first-order valence-corrected chi connectivity index (χ1v) is 9.33. The maximum absolute atomic E-state index is 12.8. The van der Waals surface area contributed by atoms with Gasteiger partial charge in [-0.15, -0.1) is 11.8 Å². The maximum atomic E-state index is 12.8. The van der Waals surface area contributed by atoms with E-state index in [1.165, 1.54) is 24.3 Å². The van der Waals surface area contributed by atoms with Crippen LogP contribution in [0.15, 0.2) is 24.3 Å². The Kier molecular flexibility index (Phi) is 8.75. The van der Waals surface area contributed by atoms with Crippen molar-refractivity contribution in [3.63, 3.8) is 0 Å². The van der Waals surface area contributed by atoms with E-state index in [2.05, 4.69) is 10.6 Å². The Balaban J connectivity index is 2.27. The number of thioether (sulfide) groups is 1. The Hall–Kier alpha value is -2.60. The number of hydrogen-bond acceptors (Lipinski definition) is 6. The second kappa shape index (κ2) is 10.5. The molecule has 0 radical (unpaired) electrons. The average molecular weight is 395 g/mol. The monoisotopic (exact) mass is 395 g/mol. The Labute approximate surface area is 161 Å². The first-order chi connectivity index (χ1) is 12.7. The molecule has 0 saturated carbocycles. The van der Waals surface area contributed by atoms with Crippen molar-refractivity contribution in [1.29, 1.82) is 5.26 Å². The molecule has 7 nitrogen and oxygen atoms in total. The van der Waals surface area contributed by atoms with E-state index in [1.807, 2.05) is 6.07 Å². The lowest BCUT2D eigenvalue weighted by atomic mass is 9.90. The van der Waals surface area contributed by atoms with Crippen LogP contribution >= 0.6 is 11.8 Å². The number of nitrogens with zero attached hydrogens (tertiary/aromatic N) is 1. The number of ether oxygens (including phenoxy) is 1. The lowest BCUT2D eigenvalue weighted by Crippen LogP contribution is -2.50. The van der Waals surface area contributed by atoms with E-state index >= 15 is 0 Å². The summed E-state index contributed by atoms with van der Waals surface area (Å²) in [6.07, 6.45) is 0. The molecule has 0 heterocycles. The number of benzene rings is 1. The number of anilines is 1. The minimum Gasteiger partial charge on any atom is -0.455 e. The minimum atomic E-state index is -1.04. The molecule has 146 valence electrons. The molecule has 1 atom stereocenters. The molecule has 0 aromatic heterocycles. The fourth-order valence-electron chi connectivity index (χ4n) is 1.77. The van der Waals surface area contributed by atoms with Gasteiger partial charge in [-0.2, -0.15) is 5.26 Å². The van der Waals surface area contributed by atoms with Crippen LogP contribution in [-0.4, -0.2) is 41.4 Å². The molecule has 1 rings (SSSR count). The van der Waals surface area contributed by atoms with E-state index < -0.39 is 29.8 Å². The zero-order chi connectivity index (χ0) is 20.4. The SMILES string of the molecule is CC(C)[C@](C)(C#N)NC(=O)COC(=O)CSCC(=O)Nc1ccc(F)cc1. The van der Waals surface area contributed by atoms with Crippen LogP contribution in [0.1, 0.15) is 20.8 Å². The molecular weight excluding hydrogens is 373 g/mol. The van der Waals surface area contributed by atoms with Crippen molar-refractivity contribution in [3.8, 4) is 6.07 Å². The van der Waals surface area contributed by atoms with Crippen LogP contribution < -0.4 is 10.6 Å². The van der Waals surface area contributed by atoms with Crippen LogP contribution in [0.4, 0.5) is 10.1 Å². The third-order valence-electron chi connectivity index (χ3n) is 3.73. The molecule has 0 aliphatic carbocycles. The van der Waals surface area contributed by atoms with Gasteiger partial charge in [-0.05, 0) is 37.1 Å². The molecule has 0 fully saturated rings. The maximum Gasteiger partial charge on any atom is 0.316 e. The highest BCUT2D eigenvalue weighted by molar-refractivity contribution is 8.00. The van der Waals surface area contributed by atoms with Crippen molar-refractivity contribution >= 4 is 35.2 Å². The minimum absolute atomic E-state index is 0.00146. The number of amides is 2. The third-order valence-corrected chi connectivity index (χ3v) is 4.64. The van der Waals surface area contributed by atoms with Crippen molar-refractivity contribution < 1.29 is 23.5 Å². The summed E-state index contributed by atoms with van der Waals surface area (Å²) in [5.41, 5.74) is -0.594. The number of nitrogens with one attached hydrogen (secondary N) is 2.